The highest BCUT2D eigenvalue weighted by Gasteiger charge is 2.37. The topological polar surface area (TPSA) is 46.5 Å². The number of carbonyl (C=O) groups is 1. The van der Waals surface area contributed by atoms with Gasteiger partial charge >= 0.3 is 5.97 Å². The average molecular weight is 198 g/mol. The van der Waals surface area contributed by atoms with Gasteiger partial charge in [-0.25, -0.2) is 4.79 Å². The molecule has 0 heterocycles. The van der Waals surface area contributed by atoms with Crippen molar-refractivity contribution < 1.29 is 14.6 Å². The summed E-state index contributed by atoms with van der Waals surface area (Å²) in [5.74, 6) is -0.264. The first kappa shape index (κ1) is 11.2. The molecule has 0 spiro atoms. The van der Waals surface area contributed by atoms with Crippen LogP contribution in [0.1, 0.15) is 33.6 Å². The third-order valence-electron chi connectivity index (χ3n) is 2.78. The Hall–Kier alpha value is -0.830. The quantitative estimate of drug-likeness (QED) is 0.652. The number of carbonyl (C=O) groups excluding carboxylic acids is 1. The Bertz CT molecular complexity index is 276. The van der Waals surface area contributed by atoms with E-state index in [2.05, 4.69) is 0 Å². The number of hydrogen-bond acceptors (Lipinski definition) is 3. The smallest absolute Gasteiger partial charge is 0.334 e. The Balaban J connectivity index is 3.09. The lowest BCUT2D eigenvalue weighted by Gasteiger charge is -2.35. The number of ether oxygens (including phenoxy) is 1. The van der Waals surface area contributed by atoms with Gasteiger partial charge in [0.15, 0.2) is 0 Å². The van der Waals surface area contributed by atoms with Crippen molar-refractivity contribution in [2.45, 2.75) is 39.7 Å². The molecule has 0 fully saturated rings. The van der Waals surface area contributed by atoms with Gasteiger partial charge in [0.2, 0.25) is 0 Å². The summed E-state index contributed by atoms with van der Waals surface area (Å²) in [5, 5.41) is 9.60. The maximum Gasteiger partial charge on any atom is 0.334 e. The number of hydrogen-bond donors (Lipinski definition) is 1. The van der Waals surface area contributed by atoms with Gasteiger partial charge in [0.05, 0.1) is 13.2 Å². The lowest BCUT2D eigenvalue weighted by molar-refractivity contribution is -0.137. The number of aliphatic hydroxyl groups is 1. The van der Waals surface area contributed by atoms with E-state index in [-0.39, 0.29) is 17.5 Å². The fourth-order valence-electron chi connectivity index (χ4n) is 2.35. The van der Waals surface area contributed by atoms with E-state index in [4.69, 9.17) is 4.74 Å². The molecule has 1 aliphatic carbocycles. The summed E-state index contributed by atoms with van der Waals surface area (Å²) in [6.07, 6.45) is 0.862. The highest BCUT2D eigenvalue weighted by Crippen LogP contribution is 2.40. The third kappa shape index (κ3) is 1.98. The molecule has 14 heavy (non-hydrogen) atoms. The van der Waals surface area contributed by atoms with Gasteiger partial charge in [-0.2, -0.15) is 0 Å². The largest absolute Gasteiger partial charge is 0.466 e. The van der Waals surface area contributed by atoms with Crippen LogP contribution in [0.25, 0.3) is 0 Å². The van der Waals surface area contributed by atoms with Gasteiger partial charge in [0.25, 0.3) is 0 Å². The highest BCUT2D eigenvalue weighted by atomic mass is 16.5. The summed E-state index contributed by atoms with van der Waals surface area (Å²) in [6, 6.07) is 0. The molecule has 3 heteroatoms. The van der Waals surface area contributed by atoms with E-state index in [1.807, 2.05) is 20.8 Å². The van der Waals surface area contributed by atoms with Gasteiger partial charge in [0.1, 0.15) is 0 Å². The molecule has 0 aliphatic heterocycles. The van der Waals surface area contributed by atoms with E-state index < -0.39 is 0 Å². The first-order valence-electron chi connectivity index (χ1n) is 4.85. The molecule has 0 saturated heterocycles. The van der Waals surface area contributed by atoms with Crippen LogP contribution < -0.4 is 0 Å². The van der Waals surface area contributed by atoms with Crippen LogP contribution in [0.2, 0.25) is 0 Å². The molecule has 1 N–H and O–H groups in total. The first-order valence-corrected chi connectivity index (χ1v) is 4.85. The molecule has 0 saturated carbocycles. The fraction of sp³-hybridized carbons (Fsp3) is 0.727. The molecule has 0 aromatic heterocycles. The fourth-order valence-corrected chi connectivity index (χ4v) is 2.35. The Morgan fingerprint density at radius 2 is 2.14 bits per heavy atom. The van der Waals surface area contributed by atoms with Gasteiger partial charge in [-0.15, -0.1) is 0 Å². The van der Waals surface area contributed by atoms with Crippen molar-refractivity contribution in [3.63, 3.8) is 0 Å². The van der Waals surface area contributed by atoms with Gasteiger partial charge in [-0.1, -0.05) is 19.4 Å². The number of rotatable bonds is 1. The maximum absolute atomic E-state index is 11.5. The SMILES string of the molecule is COC(=O)C1=C(C)CC(O)CC1(C)C. The highest BCUT2D eigenvalue weighted by molar-refractivity contribution is 5.90. The number of methoxy groups -OCH3 is 1. The Morgan fingerprint density at radius 3 is 2.57 bits per heavy atom. The molecule has 0 bridgehead atoms. The van der Waals surface area contributed by atoms with E-state index in [0.717, 1.165) is 11.1 Å². The van der Waals surface area contributed by atoms with Crippen molar-refractivity contribution in [1.29, 1.82) is 0 Å². The Morgan fingerprint density at radius 1 is 1.57 bits per heavy atom. The van der Waals surface area contributed by atoms with Crippen molar-refractivity contribution in [2.75, 3.05) is 7.11 Å². The number of aliphatic hydroxyl groups excluding tert-OH is 1. The minimum atomic E-state index is -0.335. The lowest BCUT2D eigenvalue weighted by Crippen LogP contribution is -2.33. The van der Waals surface area contributed by atoms with Crippen LogP contribution in [0.3, 0.4) is 0 Å². The molecule has 1 atom stereocenters. The standard InChI is InChI=1S/C11H18O3/c1-7-5-8(12)6-11(2,3)9(7)10(13)14-4/h8,12H,5-6H2,1-4H3. The summed E-state index contributed by atoms with van der Waals surface area (Å²) in [6.45, 7) is 5.81. The van der Waals surface area contributed by atoms with Crippen LogP contribution in [0.5, 0.6) is 0 Å². The molecule has 0 aromatic carbocycles. The van der Waals surface area contributed by atoms with Crippen LogP contribution in [-0.2, 0) is 9.53 Å². The molecule has 3 nitrogen and oxygen atoms in total. The predicted octanol–water partition coefficient (Wildman–Crippen LogP) is 1.66. The van der Waals surface area contributed by atoms with Crippen LogP contribution in [-0.4, -0.2) is 24.3 Å². The molecule has 1 aliphatic rings. The zero-order valence-electron chi connectivity index (χ0n) is 9.26. The second-order valence-electron chi connectivity index (χ2n) is 4.59. The first-order chi connectivity index (χ1) is 6.38. The maximum atomic E-state index is 11.5. The average Bonchev–Trinajstić information content (AvgIpc) is 1.99. The van der Waals surface area contributed by atoms with Crippen molar-refractivity contribution in [1.82, 2.24) is 0 Å². The summed E-state index contributed by atoms with van der Waals surface area (Å²) >= 11 is 0. The zero-order valence-corrected chi connectivity index (χ0v) is 9.26. The van der Waals surface area contributed by atoms with Crippen molar-refractivity contribution >= 4 is 5.97 Å². The Kier molecular flexibility index (Phi) is 3.00. The molecule has 0 aromatic rings. The molecule has 80 valence electrons. The molecule has 0 amide bonds. The molecular formula is C11H18O3. The van der Waals surface area contributed by atoms with Gasteiger partial charge in [-0.05, 0) is 25.2 Å². The van der Waals surface area contributed by atoms with Crippen LogP contribution >= 0.6 is 0 Å². The normalized spacial score (nSPS) is 26.2. The summed E-state index contributed by atoms with van der Waals surface area (Å²) in [5.41, 5.74) is 1.39. The van der Waals surface area contributed by atoms with Gasteiger partial charge in [0, 0.05) is 5.57 Å². The van der Waals surface area contributed by atoms with Crippen LogP contribution in [0, 0.1) is 5.41 Å². The minimum Gasteiger partial charge on any atom is -0.466 e. The van der Waals surface area contributed by atoms with Crippen molar-refractivity contribution in [3.05, 3.63) is 11.1 Å². The lowest BCUT2D eigenvalue weighted by atomic mass is 9.71. The van der Waals surface area contributed by atoms with Crippen LogP contribution in [0.4, 0.5) is 0 Å². The van der Waals surface area contributed by atoms with E-state index in [1.165, 1.54) is 7.11 Å². The van der Waals surface area contributed by atoms with Gasteiger partial charge < -0.3 is 9.84 Å². The van der Waals surface area contributed by atoms with E-state index in [0.29, 0.717) is 12.8 Å². The molecule has 1 unspecified atom stereocenters. The summed E-state index contributed by atoms with van der Waals surface area (Å²) in [7, 11) is 1.39. The van der Waals surface area contributed by atoms with Crippen molar-refractivity contribution in [2.24, 2.45) is 5.41 Å². The monoisotopic (exact) mass is 198 g/mol. The Labute approximate surface area is 84.8 Å². The summed E-state index contributed by atoms with van der Waals surface area (Å²) in [4.78, 5) is 11.5. The van der Waals surface area contributed by atoms with Crippen molar-refractivity contribution in [3.8, 4) is 0 Å². The molecule has 1 rings (SSSR count). The second-order valence-corrected chi connectivity index (χ2v) is 4.59. The van der Waals surface area contributed by atoms with E-state index in [1.54, 1.807) is 0 Å². The van der Waals surface area contributed by atoms with Gasteiger partial charge in [-0.3, -0.25) is 0 Å². The molecular weight excluding hydrogens is 180 g/mol. The predicted molar refractivity (Wildman–Crippen MR) is 53.7 cm³/mol. The van der Waals surface area contributed by atoms with E-state index in [9.17, 15) is 9.90 Å². The minimum absolute atomic E-state index is 0.264. The summed E-state index contributed by atoms with van der Waals surface area (Å²) < 4.78 is 4.75. The third-order valence-corrected chi connectivity index (χ3v) is 2.78. The van der Waals surface area contributed by atoms with Crippen LogP contribution in [0.15, 0.2) is 11.1 Å². The zero-order chi connectivity index (χ0) is 10.9. The van der Waals surface area contributed by atoms with E-state index >= 15 is 0 Å². The molecule has 0 radical (unpaired) electrons. The number of esters is 1. The second kappa shape index (κ2) is 3.73.